The van der Waals surface area contributed by atoms with Crippen molar-refractivity contribution in [2.45, 2.75) is 40.8 Å². The van der Waals surface area contributed by atoms with Crippen molar-refractivity contribution in [3.63, 3.8) is 0 Å². The zero-order chi connectivity index (χ0) is 23.3. The molecule has 1 aromatic rings. The molecular formula is C21H26N4O4S2. The van der Waals surface area contributed by atoms with Crippen molar-refractivity contribution in [2.75, 3.05) is 13.1 Å². The molecule has 0 aromatic carbocycles. The molecule has 0 atom stereocenters. The van der Waals surface area contributed by atoms with Crippen LogP contribution in [-0.4, -0.2) is 54.1 Å². The molecule has 1 saturated heterocycles. The van der Waals surface area contributed by atoms with Gasteiger partial charge in [0.05, 0.1) is 0 Å². The highest BCUT2D eigenvalue weighted by atomic mass is 32.1. The number of hydrogen-bond acceptors (Lipinski definition) is 6. The third kappa shape index (κ3) is 4.59. The molecule has 10 heteroatoms. The normalized spacial score (nSPS) is 15.1. The first-order chi connectivity index (χ1) is 14.7. The van der Waals surface area contributed by atoms with Crippen LogP contribution < -0.4 is 5.56 Å². The van der Waals surface area contributed by atoms with Gasteiger partial charge in [-0.2, -0.15) is 0 Å². The van der Waals surface area contributed by atoms with E-state index in [0.29, 0.717) is 26.2 Å². The highest BCUT2D eigenvalue weighted by Gasteiger charge is 2.37. The summed E-state index contributed by atoms with van der Waals surface area (Å²) in [5.74, 6) is -1.08. The van der Waals surface area contributed by atoms with Crippen LogP contribution in [0.1, 0.15) is 33.3 Å². The SMILES string of the molecule is CCN1C(=O)C(=C/C=C/C=C/c2c(O)n(CC)c(=S)n(CC)c2=O)C(=O)N(CC)C1=S. The maximum absolute atomic E-state index is 12.6. The molecular weight excluding hydrogens is 436 g/mol. The molecule has 1 aromatic heterocycles. The van der Waals surface area contributed by atoms with Crippen molar-refractivity contribution < 1.29 is 14.7 Å². The minimum atomic E-state index is -0.440. The van der Waals surface area contributed by atoms with Crippen molar-refractivity contribution in [1.82, 2.24) is 18.9 Å². The van der Waals surface area contributed by atoms with Crippen LogP contribution in [0, 0.1) is 4.77 Å². The summed E-state index contributed by atoms with van der Waals surface area (Å²) in [5, 5.41) is 10.6. The summed E-state index contributed by atoms with van der Waals surface area (Å²) in [6.07, 6.45) is 7.54. The van der Waals surface area contributed by atoms with Crippen LogP contribution in [0.5, 0.6) is 5.88 Å². The molecule has 1 fully saturated rings. The quantitative estimate of drug-likeness (QED) is 0.290. The van der Waals surface area contributed by atoms with Gasteiger partial charge in [-0.05, 0) is 64.3 Å². The minimum Gasteiger partial charge on any atom is -0.494 e. The van der Waals surface area contributed by atoms with Crippen molar-refractivity contribution >= 4 is 47.4 Å². The minimum absolute atomic E-state index is 0.0115. The monoisotopic (exact) mass is 462 g/mol. The molecule has 0 spiro atoms. The zero-order valence-electron chi connectivity index (χ0n) is 18.0. The van der Waals surface area contributed by atoms with E-state index in [-0.39, 0.29) is 32.5 Å². The maximum Gasteiger partial charge on any atom is 0.265 e. The Bertz CT molecular complexity index is 1080. The fourth-order valence-corrected chi connectivity index (χ4v) is 4.04. The maximum atomic E-state index is 12.6. The summed E-state index contributed by atoms with van der Waals surface area (Å²) >= 11 is 10.5. The van der Waals surface area contributed by atoms with Crippen LogP contribution in [0.3, 0.4) is 0 Å². The molecule has 1 N–H and O–H groups in total. The summed E-state index contributed by atoms with van der Waals surface area (Å²) in [6, 6.07) is 0. The second kappa shape index (κ2) is 10.5. The first kappa shape index (κ1) is 24.4. The van der Waals surface area contributed by atoms with E-state index < -0.39 is 11.8 Å². The van der Waals surface area contributed by atoms with Crippen molar-refractivity contribution in [3.05, 3.63) is 50.6 Å². The van der Waals surface area contributed by atoms with E-state index in [1.165, 1.54) is 37.2 Å². The molecule has 2 amide bonds. The van der Waals surface area contributed by atoms with Gasteiger partial charge < -0.3 is 5.11 Å². The van der Waals surface area contributed by atoms with Crippen LogP contribution in [0.15, 0.2) is 34.7 Å². The molecule has 0 unspecified atom stereocenters. The molecule has 166 valence electrons. The van der Waals surface area contributed by atoms with E-state index in [1.54, 1.807) is 32.9 Å². The molecule has 31 heavy (non-hydrogen) atoms. The van der Waals surface area contributed by atoms with Gasteiger partial charge in [0.15, 0.2) is 9.88 Å². The summed E-state index contributed by atoms with van der Waals surface area (Å²) in [4.78, 5) is 40.5. The Kier molecular flexibility index (Phi) is 8.23. The van der Waals surface area contributed by atoms with Crippen LogP contribution >= 0.6 is 24.4 Å². The molecule has 0 bridgehead atoms. The van der Waals surface area contributed by atoms with Gasteiger partial charge >= 0.3 is 0 Å². The number of amides is 2. The lowest BCUT2D eigenvalue weighted by molar-refractivity contribution is -0.133. The largest absolute Gasteiger partial charge is 0.494 e. The Morgan fingerprint density at radius 1 is 0.806 bits per heavy atom. The van der Waals surface area contributed by atoms with Gasteiger partial charge in [-0.3, -0.25) is 33.3 Å². The summed E-state index contributed by atoms with van der Waals surface area (Å²) in [6.45, 7) is 8.73. The molecule has 0 aliphatic carbocycles. The number of thiocarbonyl (C=S) groups is 1. The number of aromatic hydroxyl groups is 1. The Balaban J connectivity index is 2.36. The summed E-state index contributed by atoms with van der Waals surface area (Å²) in [5.41, 5.74) is -0.266. The predicted octanol–water partition coefficient (Wildman–Crippen LogP) is 2.62. The van der Waals surface area contributed by atoms with E-state index in [4.69, 9.17) is 24.4 Å². The molecule has 2 rings (SSSR count). The molecule has 8 nitrogen and oxygen atoms in total. The van der Waals surface area contributed by atoms with E-state index in [0.717, 1.165) is 0 Å². The number of carbonyl (C=O) groups excluding carboxylic acids is 2. The molecule has 1 aliphatic heterocycles. The topological polar surface area (TPSA) is 87.8 Å². The highest BCUT2D eigenvalue weighted by molar-refractivity contribution is 7.80. The van der Waals surface area contributed by atoms with Crippen molar-refractivity contribution in [3.8, 4) is 5.88 Å². The fourth-order valence-electron chi connectivity index (χ4n) is 3.19. The standard InChI is InChI=1S/C21H26N4O4S2/c1-5-22-16(26)14(17(27)23(6-2)20(22)30)12-10-9-11-13-15-18(28)24(7-3)21(31)25(8-4)19(15)29/h9-13,26H,5-8H2,1-4H3/b11-9+,12-10+. The number of nitrogens with zero attached hydrogens (tertiary/aromatic N) is 4. The predicted molar refractivity (Wildman–Crippen MR) is 126 cm³/mol. The fraction of sp³-hybridized carbons (Fsp3) is 0.381. The van der Waals surface area contributed by atoms with E-state index >= 15 is 0 Å². The molecule has 2 heterocycles. The van der Waals surface area contributed by atoms with Crippen molar-refractivity contribution in [2.24, 2.45) is 0 Å². The first-order valence-corrected chi connectivity index (χ1v) is 10.9. The Labute approximate surface area is 191 Å². The number of carbonyl (C=O) groups is 2. The van der Waals surface area contributed by atoms with Crippen LogP contribution in [0.25, 0.3) is 6.08 Å². The lowest BCUT2D eigenvalue weighted by Crippen LogP contribution is -2.55. The van der Waals surface area contributed by atoms with Crippen LogP contribution in [-0.2, 0) is 22.7 Å². The van der Waals surface area contributed by atoms with E-state index in [9.17, 15) is 19.5 Å². The second-order valence-electron chi connectivity index (χ2n) is 6.52. The number of aromatic nitrogens is 2. The molecule has 1 aliphatic rings. The van der Waals surface area contributed by atoms with Gasteiger partial charge in [0, 0.05) is 26.2 Å². The van der Waals surface area contributed by atoms with Gasteiger partial charge in [0.25, 0.3) is 17.4 Å². The Hall–Kier alpha value is -2.85. The number of likely N-dealkylation sites (N-methyl/N-ethyl adjacent to an activating group) is 2. The van der Waals surface area contributed by atoms with Gasteiger partial charge in [-0.1, -0.05) is 18.2 Å². The molecule has 0 saturated carbocycles. The lowest BCUT2D eigenvalue weighted by Gasteiger charge is -2.35. The average Bonchev–Trinajstić information content (AvgIpc) is 2.73. The Morgan fingerprint density at radius 2 is 1.35 bits per heavy atom. The third-order valence-electron chi connectivity index (χ3n) is 4.86. The van der Waals surface area contributed by atoms with E-state index in [2.05, 4.69) is 0 Å². The van der Waals surface area contributed by atoms with Gasteiger partial charge in [0.2, 0.25) is 5.88 Å². The highest BCUT2D eigenvalue weighted by Crippen LogP contribution is 2.18. The Morgan fingerprint density at radius 3 is 1.84 bits per heavy atom. The van der Waals surface area contributed by atoms with Crippen LogP contribution in [0.2, 0.25) is 0 Å². The van der Waals surface area contributed by atoms with E-state index in [1.807, 2.05) is 6.92 Å². The summed E-state index contributed by atoms with van der Waals surface area (Å²) < 4.78 is 3.15. The summed E-state index contributed by atoms with van der Waals surface area (Å²) in [7, 11) is 0. The van der Waals surface area contributed by atoms with Gasteiger partial charge in [-0.25, -0.2) is 0 Å². The average molecular weight is 463 g/mol. The smallest absolute Gasteiger partial charge is 0.265 e. The second-order valence-corrected chi connectivity index (χ2v) is 7.25. The van der Waals surface area contributed by atoms with Crippen molar-refractivity contribution in [1.29, 1.82) is 0 Å². The first-order valence-electron chi connectivity index (χ1n) is 10.0. The number of allylic oxidation sites excluding steroid dienone is 4. The van der Waals surface area contributed by atoms with Gasteiger partial charge in [0.1, 0.15) is 11.1 Å². The number of rotatable bonds is 7. The van der Waals surface area contributed by atoms with Crippen LogP contribution in [0.4, 0.5) is 0 Å². The molecule has 0 radical (unpaired) electrons. The van der Waals surface area contributed by atoms with Gasteiger partial charge in [-0.15, -0.1) is 0 Å². The third-order valence-corrected chi connectivity index (χ3v) is 5.74. The zero-order valence-corrected chi connectivity index (χ0v) is 19.6. The lowest BCUT2D eigenvalue weighted by atomic mass is 10.1. The number of hydrogen-bond donors (Lipinski definition) is 1.